The van der Waals surface area contributed by atoms with Crippen LogP contribution in [0.15, 0.2) is 77.7 Å². The van der Waals surface area contributed by atoms with Gasteiger partial charge >= 0.3 is 5.97 Å². The van der Waals surface area contributed by atoms with E-state index >= 15 is 0 Å². The fraction of sp³-hybridized carbons (Fsp3) is 0.0800. The van der Waals surface area contributed by atoms with Crippen molar-refractivity contribution in [2.24, 2.45) is 0 Å². The van der Waals surface area contributed by atoms with Crippen LogP contribution in [0.25, 0.3) is 6.08 Å². The molecule has 1 heterocycles. The SMILES string of the molecule is Cc1cccc(CN2C(=O)S/C(=C\c3ccccc3OC(=O)c3ccc(Cl)cc3)C2=O)c1. The van der Waals surface area contributed by atoms with Gasteiger partial charge in [0.05, 0.1) is 17.0 Å². The van der Waals surface area contributed by atoms with Crippen molar-refractivity contribution < 1.29 is 19.1 Å². The highest BCUT2D eigenvalue weighted by Crippen LogP contribution is 2.35. The van der Waals surface area contributed by atoms with Crippen LogP contribution in [0.1, 0.15) is 27.0 Å². The molecule has 0 radical (unpaired) electrons. The second-order valence-electron chi connectivity index (χ2n) is 7.19. The smallest absolute Gasteiger partial charge is 0.343 e. The number of carbonyl (C=O) groups excluding carboxylic acids is 3. The van der Waals surface area contributed by atoms with Crippen molar-refractivity contribution in [3.8, 4) is 5.75 Å². The van der Waals surface area contributed by atoms with Crippen LogP contribution >= 0.6 is 23.4 Å². The molecule has 32 heavy (non-hydrogen) atoms. The van der Waals surface area contributed by atoms with E-state index in [4.69, 9.17) is 16.3 Å². The summed E-state index contributed by atoms with van der Waals surface area (Å²) in [5.41, 5.74) is 2.81. The zero-order chi connectivity index (χ0) is 22.7. The van der Waals surface area contributed by atoms with E-state index in [1.807, 2.05) is 31.2 Å². The first-order valence-electron chi connectivity index (χ1n) is 9.78. The molecule has 0 aromatic heterocycles. The Kier molecular flexibility index (Phi) is 6.44. The summed E-state index contributed by atoms with van der Waals surface area (Å²) >= 11 is 6.74. The van der Waals surface area contributed by atoms with Crippen LogP contribution in [-0.2, 0) is 11.3 Å². The Morgan fingerprint density at radius 1 is 1.03 bits per heavy atom. The number of amides is 2. The van der Waals surface area contributed by atoms with Gasteiger partial charge in [0.2, 0.25) is 0 Å². The van der Waals surface area contributed by atoms with Crippen LogP contribution in [0.4, 0.5) is 4.79 Å². The molecule has 5 nitrogen and oxygen atoms in total. The zero-order valence-corrected chi connectivity index (χ0v) is 18.7. The number of nitrogens with zero attached hydrogens (tertiary/aromatic N) is 1. The molecule has 7 heteroatoms. The number of aryl methyl sites for hydroxylation is 1. The van der Waals surface area contributed by atoms with Gasteiger partial charge in [-0.05, 0) is 60.7 Å². The maximum absolute atomic E-state index is 12.9. The largest absolute Gasteiger partial charge is 0.422 e. The maximum atomic E-state index is 12.9. The van der Waals surface area contributed by atoms with Crippen molar-refractivity contribution in [2.45, 2.75) is 13.5 Å². The van der Waals surface area contributed by atoms with Crippen LogP contribution in [-0.4, -0.2) is 22.0 Å². The van der Waals surface area contributed by atoms with Crippen LogP contribution in [0.2, 0.25) is 5.02 Å². The average Bonchev–Trinajstić information content (AvgIpc) is 3.03. The summed E-state index contributed by atoms with van der Waals surface area (Å²) in [7, 11) is 0. The molecule has 4 rings (SSSR count). The van der Waals surface area contributed by atoms with Gasteiger partial charge in [-0.15, -0.1) is 0 Å². The minimum atomic E-state index is -0.546. The van der Waals surface area contributed by atoms with E-state index in [0.717, 1.165) is 22.9 Å². The summed E-state index contributed by atoms with van der Waals surface area (Å²) in [6.07, 6.45) is 1.58. The van der Waals surface area contributed by atoms with Gasteiger partial charge in [-0.2, -0.15) is 0 Å². The second kappa shape index (κ2) is 9.42. The number of halogens is 1. The molecule has 0 N–H and O–H groups in total. The van der Waals surface area contributed by atoms with E-state index in [1.165, 1.54) is 4.90 Å². The third-order valence-corrected chi connectivity index (χ3v) is 5.94. The standard InChI is InChI=1S/C25H18ClNO4S/c1-16-5-4-6-17(13-16)15-27-23(28)22(32-25(27)30)14-19-7-2-3-8-21(19)31-24(29)18-9-11-20(26)12-10-18/h2-14H,15H2,1H3/b22-14-. The molecule has 160 valence electrons. The van der Waals surface area contributed by atoms with E-state index in [0.29, 0.717) is 16.1 Å². The average molecular weight is 464 g/mol. The van der Waals surface area contributed by atoms with Gasteiger partial charge in [-0.3, -0.25) is 14.5 Å². The number of para-hydroxylation sites is 1. The normalized spacial score (nSPS) is 14.8. The lowest BCUT2D eigenvalue weighted by molar-refractivity contribution is -0.123. The van der Waals surface area contributed by atoms with Crippen LogP contribution in [0.5, 0.6) is 5.75 Å². The Balaban J connectivity index is 1.55. The monoisotopic (exact) mass is 463 g/mol. The topological polar surface area (TPSA) is 63.7 Å². The van der Waals surface area contributed by atoms with E-state index in [1.54, 1.807) is 54.6 Å². The number of rotatable bonds is 5. The third-order valence-electron chi connectivity index (χ3n) is 4.78. The predicted octanol–water partition coefficient (Wildman–Crippen LogP) is 6.10. The lowest BCUT2D eigenvalue weighted by atomic mass is 10.1. The molecule has 0 aliphatic carbocycles. The first-order valence-corrected chi connectivity index (χ1v) is 11.0. The molecule has 0 saturated carbocycles. The summed E-state index contributed by atoms with van der Waals surface area (Å²) in [5.74, 6) is -0.631. The minimum absolute atomic E-state index is 0.205. The number of esters is 1. The highest BCUT2D eigenvalue weighted by atomic mass is 35.5. The summed E-state index contributed by atoms with van der Waals surface area (Å²) in [4.78, 5) is 39.4. The van der Waals surface area contributed by atoms with Gasteiger partial charge < -0.3 is 4.74 Å². The molecule has 1 aliphatic rings. The molecule has 0 bridgehead atoms. The predicted molar refractivity (Wildman–Crippen MR) is 126 cm³/mol. The molecule has 3 aromatic carbocycles. The molecule has 1 aliphatic heterocycles. The van der Waals surface area contributed by atoms with Crippen molar-refractivity contribution in [3.63, 3.8) is 0 Å². The van der Waals surface area contributed by atoms with E-state index in [9.17, 15) is 14.4 Å². The lowest BCUT2D eigenvalue weighted by Gasteiger charge is -2.12. The molecular weight excluding hydrogens is 446 g/mol. The fourth-order valence-corrected chi connectivity index (χ4v) is 4.16. The molecule has 0 unspecified atom stereocenters. The van der Waals surface area contributed by atoms with Gasteiger partial charge in [-0.25, -0.2) is 4.79 Å². The molecule has 3 aromatic rings. The summed E-state index contributed by atoms with van der Waals surface area (Å²) in [6.45, 7) is 2.16. The second-order valence-corrected chi connectivity index (χ2v) is 8.62. The van der Waals surface area contributed by atoms with Crippen LogP contribution in [0.3, 0.4) is 0 Å². The number of ether oxygens (including phenoxy) is 1. The number of carbonyl (C=O) groups is 3. The van der Waals surface area contributed by atoms with Crippen molar-refractivity contribution in [2.75, 3.05) is 0 Å². The van der Waals surface area contributed by atoms with Crippen LogP contribution in [0, 0.1) is 6.92 Å². The van der Waals surface area contributed by atoms with Crippen molar-refractivity contribution >= 4 is 46.6 Å². The molecule has 1 saturated heterocycles. The summed E-state index contributed by atoms with van der Waals surface area (Å²) < 4.78 is 5.53. The first-order chi connectivity index (χ1) is 15.4. The quantitative estimate of drug-likeness (QED) is 0.260. The Hall–Kier alpha value is -3.35. The minimum Gasteiger partial charge on any atom is -0.422 e. The summed E-state index contributed by atoms with van der Waals surface area (Å²) in [6, 6.07) is 20.9. The zero-order valence-electron chi connectivity index (χ0n) is 17.1. The molecule has 2 amide bonds. The van der Waals surface area contributed by atoms with Crippen LogP contribution < -0.4 is 4.74 Å². The Bertz CT molecular complexity index is 1240. The van der Waals surface area contributed by atoms with E-state index in [-0.39, 0.29) is 28.3 Å². The third kappa shape index (κ3) is 4.93. The molecular formula is C25H18ClNO4S. The Labute approximate surface area is 194 Å². The van der Waals surface area contributed by atoms with E-state index in [2.05, 4.69) is 0 Å². The number of benzene rings is 3. The highest BCUT2D eigenvalue weighted by molar-refractivity contribution is 8.18. The van der Waals surface area contributed by atoms with Crippen molar-refractivity contribution in [1.29, 1.82) is 0 Å². The fourth-order valence-electron chi connectivity index (χ4n) is 3.21. The number of hydrogen-bond donors (Lipinski definition) is 0. The summed E-state index contributed by atoms with van der Waals surface area (Å²) in [5, 5.41) is 0.182. The van der Waals surface area contributed by atoms with Crippen molar-refractivity contribution in [1.82, 2.24) is 4.90 Å². The Morgan fingerprint density at radius 3 is 2.53 bits per heavy atom. The van der Waals surface area contributed by atoms with Gasteiger partial charge in [0, 0.05) is 10.6 Å². The van der Waals surface area contributed by atoms with Gasteiger partial charge in [0.15, 0.2) is 0 Å². The highest BCUT2D eigenvalue weighted by Gasteiger charge is 2.35. The van der Waals surface area contributed by atoms with Gasteiger partial charge in [0.1, 0.15) is 5.75 Å². The van der Waals surface area contributed by atoms with Gasteiger partial charge in [0.25, 0.3) is 11.1 Å². The first kappa shape index (κ1) is 21.9. The molecule has 1 fully saturated rings. The Morgan fingerprint density at radius 2 is 1.78 bits per heavy atom. The maximum Gasteiger partial charge on any atom is 0.343 e. The number of thioether (sulfide) groups is 1. The molecule has 0 spiro atoms. The van der Waals surface area contributed by atoms with Crippen molar-refractivity contribution in [3.05, 3.63) is 105 Å². The molecule has 0 atom stereocenters. The van der Waals surface area contributed by atoms with E-state index < -0.39 is 5.97 Å². The lowest BCUT2D eigenvalue weighted by Crippen LogP contribution is -2.27. The number of imide groups is 1. The van der Waals surface area contributed by atoms with Gasteiger partial charge in [-0.1, -0.05) is 59.6 Å². The number of hydrogen-bond acceptors (Lipinski definition) is 5.